The topological polar surface area (TPSA) is 60.5 Å². The van der Waals surface area contributed by atoms with Gasteiger partial charge in [0.15, 0.2) is 0 Å². The van der Waals surface area contributed by atoms with Crippen LogP contribution >= 0.6 is 0 Å². The monoisotopic (exact) mass is 426 g/mol. The molecule has 1 heterocycles. The SMILES string of the molecule is CCC(C)(C)Oc1ccc(CCCCNC(=O)c2ccncc2)c(OC(C)(C)CC)c1. The van der Waals surface area contributed by atoms with E-state index in [9.17, 15) is 4.79 Å². The van der Waals surface area contributed by atoms with Gasteiger partial charge in [0.25, 0.3) is 5.91 Å². The van der Waals surface area contributed by atoms with Crippen molar-refractivity contribution >= 4 is 5.91 Å². The molecule has 2 rings (SSSR count). The van der Waals surface area contributed by atoms with Crippen molar-refractivity contribution in [3.8, 4) is 11.5 Å². The van der Waals surface area contributed by atoms with E-state index in [1.807, 2.05) is 12.1 Å². The van der Waals surface area contributed by atoms with Crippen molar-refractivity contribution in [3.63, 3.8) is 0 Å². The van der Waals surface area contributed by atoms with Crippen LogP contribution < -0.4 is 14.8 Å². The fourth-order valence-corrected chi connectivity index (χ4v) is 2.91. The van der Waals surface area contributed by atoms with Crippen molar-refractivity contribution in [2.45, 2.75) is 84.8 Å². The molecule has 0 unspecified atom stereocenters. The average Bonchev–Trinajstić information content (AvgIpc) is 2.75. The zero-order chi connectivity index (χ0) is 22.9. The van der Waals surface area contributed by atoms with Crippen LogP contribution in [-0.4, -0.2) is 28.6 Å². The fraction of sp³-hybridized carbons (Fsp3) is 0.538. The van der Waals surface area contributed by atoms with E-state index in [1.165, 1.54) is 5.56 Å². The summed E-state index contributed by atoms with van der Waals surface area (Å²) in [5.41, 5.74) is 1.35. The largest absolute Gasteiger partial charge is 0.488 e. The zero-order valence-corrected chi connectivity index (χ0v) is 20.0. The van der Waals surface area contributed by atoms with Gasteiger partial charge in [0.2, 0.25) is 0 Å². The van der Waals surface area contributed by atoms with Gasteiger partial charge in [-0.15, -0.1) is 0 Å². The molecule has 0 saturated heterocycles. The maximum absolute atomic E-state index is 12.1. The number of carbonyl (C=O) groups excluding carboxylic acids is 1. The molecule has 0 spiro atoms. The molecular formula is C26H38N2O3. The lowest BCUT2D eigenvalue weighted by Gasteiger charge is -2.29. The number of rotatable bonds is 12. The fourth-order valence-electron chi connectivity index (χ4n) is 2.91. The second-order valence-electron chi connectivity index (χ2n) is 9.15. The van der Waals surface area contributed by atoms with Crippen LogP contribution in [0, 0.1) is 0 Å². The van der Waals surface area contributed by atoms with Crippen molar-refractivity contribution < 1.29 is 14.3 Å². The van der Waals surface area contributed by atoms with Gasteiger partial charge in [0.05, 0.1) is 0 Å². The number of hydrogen-bond donors (Lipinski definition) is 1. The molecule has 1 aromatic heterocycles. The first-order valence-electron chi connectivity index (χ1n) is 11.3. The molecule has 1 amide bonds. The minimum absolute atomic E-state index is 0.0591. The number of aromatic nitrogens is 1. The lowest BCUT2D eigenvalue weighted by atomic mass is 10.0. The maximum Gasteiger partial charge on any atom is 0.251 e. The predicted octanol–water partition coefficient (Wildman–Crippen LogP) is 5.97. The van der Waals surface area contributed by atoms with Gasteiger partial charge < -0.3 is 14.8 Å². The number of amides is 1. The van der Waals surface area contributed by atoms with Gasteiger partial charge in [-0.05, 0) is 83.6 Å². The van der Waals surface area contributed by atoms with Crippen LogP contribution in [0.4, 0.5) is 0 Å². The van der Waals surface area contributed by atoms with Crippen molar-refractivity contribution in [1.29, 1.82) is 0 Å². The first-order chi connectivity index (χ1) is 14.7. The lowest BCUT2D eigenvalue weighted by molar-refractivity contribution is 0.0941. The quantitative estimate of drug-likeness (QED) is 0.425. The third-order valence-electron chi connectivity index (χ3n) is 5.62. The molecule has 0 fully saturated rings. The van der Waals surface area contributed by atoms with Crippen LogP contribution in [0.1, 0.15) is 83.1 Å². The molecule has 1 N–H and O–H groups in total. The van der Waals surface area contributed by atoms with Gasteiger partial charge in [-0.2, -0.15) is 0 Å². The molecule has 0 saturated carbocycles. The van der Waals surface area contributed by atoms with E-state index in [2.05, 4.69) is 57.9 Å². The second-order valence-corrected chi connectivity index (χ2v) is 9.15. The van der Waals surface area contributed by atoms with Gasteiger partial charge in [0, 0.05) is 30.6 Å². The zero-order valence-electron chi connectivity index (χ0n) is 20.0. The van der Waals surface area contributed by atoms with Crippen LogP contribution in [0.25, 0.3) is 0 Å². The Kier molecular flexibility index (Phi) is 8.90. The molecule has 0 aliphatic rings. The molecule has 0 bridgehead atoms. The molecule has 31 heavy (non-hydrogen) atoms. The van der Waals surface area contributed by atoms with Crippen LogP contribution in [-0.2, 0) is 6.42 Å². The summed E-state index contributed by atoms with van der Waals surface area (Å²) in [7, 11) is 0. The number of nitrogens with one attached hydrogen (secondary N) is 1. The van der Waals surface area contributed by atoms with E-state index in [4.69, 9.17) is 9.47 Å². The Labute approximate surface area is 187 Å². The van der Waals surface area contributed by atoms with Crippen molar-refractivity contribution in [2.75, 3.05) is 6.54 Å². The van der Waals surface area contributed by atoms with E-state index < -0.39 is 0 Å². The number of unbranched alkanes of at least 4 members (excludes halogenated alkanes) is 1. The van der Waals surface area contributed by atoms with Crippen LogP contribution in [0.15, 0.2) is 42.7 Å². The first kappa shape index (κ1) is 24.7. The smallest absolute Gasteiger partial charge is 0.251 e. The van der Waals surface area contributed by atoms with Gasteiger partial charge >= 0.3 is 0 Å². The summed E-state index contributed by atoms with van der Waals surface area (Å²) in [4.78, 5) is 16.1. The molecular weight excluding hydrogens is 388 g/mol. The van der Waals surface area contributed by atoms with E-state index >= 15 is 0 Å². The third kappa shape index (κ3) is 8.23. The van der Waals surface area contributed by atoms with Crippen molar-refractivity contribution in [1.82, 2.24) is 10.3 Å². The van der Waals surface area contributed by atoms with Gasteiger partial charge in [-0.3, -0.25) is 9.78 Å². The van der Waals surface area contributed by atoms with E-state index in [0.717, 1.165) is 43.6 Å². The molecule has 0 radical (unpaired) electrons. The molecule has 1 aromatic carbocycles. The number of benzene rings is 1. The molecule has 0 atom stereocenters. The number of ether oxygens (including phenoxy) is 2. The van der Waals surface area contributed by atoms with Gasteiger partial charge in [-0.1, -0.05) is 19.9 Å². The van der Waals surface area contributed by atoms with Crippen molar-refractivity contribution in [2.24, 2.45) is 0 Å². The highest BCUT2D eigenvalue weighted by Crippen LogP contribution is 2.32. The summed E-state index contributed by atoms with van der Waals surface area (Å²) in [5.74, 6) is 1.66. The summed E-state index contributed by atoms with van der Waals surface area (Å²) in [6, 6.07) is 9.60. The molecule has 0 aliphatic carbocycles. The molecule has 0 aliphatic heterocycles. The lowest BCUT2D eigenvalue weighted by Crippen LogP contribution is -2.28. The Balaban J connectivity index is 1.97. The summed E-state index contributed by atoms with van der Waals surface area (Å²) in [6.07, 6.45) is 7.84. The van der Waals surface area contributed by atoms with Crippen LogP contribution in [0.2, 0.25) is 0 Å². The van der Waals surface area contributed by atoms with Gasteiger partial charge in [0.1, 0.15) is 22.7 Å². The van der Waals surface area contributed by atoms with Crippen molar-refractivity contribution in [3.05, 3.63) is 53.9 Å². The standard InChI is InChI=1S/C26H38N2O3/c1-7-25(3,4)30-22-13-12-20(23(19-22)31-26(5,6)8-2)11-9-10-16-28-24(29)21-14-17-27-18-15-21/h12-15,17-19H,7-11,16H2,1-6H3,(H,28,29). The highest BCUT2D eigenvalue weighted by atomic mass is 16.5. The maximum atomic E-state index is 12.1. The summed E-state index contributed by atoms with van der Waals surface area (Å²) >= 11 is 0. The van der Waals surface area contributed by atoms with E-state index in [-0.39, 0.29) is 17.1 Å². The molecule has 170 valence electrons. The Morgan fingerprint density at radius 1 is 0.935 bits per heavy atom. The summed E-state index contributed by atoms with van der Waals surface area (Å²) in [6.45, 7) is 13.3. The number of carbonyl (C=O) groups is 1. The van der Waals surface area contributed by atoms with E-state index in [1.54, 1.807) is 24.5 Å². The molecule has 5 heteroatoms. The highest BCUT2D eigenvalue weighted by molar-refractivity contribution is 5.93. The normalized spacial score (nSPS) is 11.8. The molecule has 5 nitrogen and oxygen atoms in total. The number of pyridine rings is 1. The number of hydrogen-bond acceptors (Lipinski definition) is 4. The van der Waals surface area contributed by atoms with Crippen LogP contribution in [0.3, 0.4) is 0 Å². The first-order valence-corrected chi connectivity index (χ1v) is 11.3. The van der Waals surface area contributed by atoms with Gasteiger partial charge in [-0.25, -0.2) is 0 Å². The molecule has 2 aromatic rings. The average molecular weight is 427 g/mol. The Morgan fingerprint density at radius 2 is 1.58 bits per heavy atom. The Bertz CT molecular complexity index is 832. The second kappa shape index (κ2) is 11.2. The summed E-state index contributed by atoms with van der Waals surface area (Å²) in [5, 5.41) is 2.97. The predicted molar refractivity (Wildman–Crippen MR) is 126 cm³/mol. The number of aryl methyl sites for hydroxylation is 1. The Morgan fingerprint density at radius 3 is 2.23 bits per heavy atom. The minimum Gasteiger partial charge on any atom is -0.488 e. The summed E-state index contributed by atoms with van der Waals surface area (Å²) < 4.78 is 12.5. The highest BCUT2D eigenvalue weighted by Gasteiger charge is 2.21. The number of nitrogens with zero attached hydrogens (tertiary/aromatic N) is 1. The Hall–Kier alpha value is -2.56. The van der Waals surface area contributed by atoms with Crippen LogP contribution in [0.5, 0.6) is 11.5 Å². The third-order valence-corrected chi connectivity index (χ3v) is 5.62. The minimum atomic E-state index is -0.244. The van der Waals surface area contributed by atoms with E-state index in [0.29, 0.717) is 12.1 Å².